The molecule has 1 fully saturated rings. The van der Waals surface area contributed by atoms with Crippen LogP contribution in [0.2, 0.25) is 0 Å². The van der Waals surface area contributed by atoms with E-state index in [0.29, 0.717) is 17.7 Å². The molecular weight excluding hydrogens is 316 g/mol. The van der Waals surface area contributed by atoms with Crippen molar-refractivity contribution < 1.29 is 18.0 Å². The van der Waals surface area contributed by atoms with Crippen LogP contribution in [0.4, 0.5) is 5.69 Å². The minimum Gasteiger partial charge on any atom is -0.334 e. The molecule has 7 heteroatoms. The quantitative estimate of drug-likeness (QED) is 0.909. The van der Waals surface area contributed by atoms with Crippen molar-refractivity contribution in [2.24, 2.45) is 0 Å². The Bertz CT molecular complexity index is 715. The second-order valence-electron chi connectivity index (χ2n) is 5.79. The number of anilines is 1. The third-order valence-corrected chi connectivity index (χ3v) is 6.61. The predicted molar refractivity (Wildman–Crippen MR) is 89.1 cm³/mol. The molecule has 1 aromatic rings. The molecule has 23 heavy (non-hydrogen) atoms. The van der Waals surface area contributed by atoms with Crippen molar-refractivity contribution in [3.05, 3.63) is 29.8 Å². The molecule has 1 N–H and O–H groups in total. The van der Waals surface area contributed by atoms with E-state index in [0.717, 1.165) is 0 Å². The zero-order valence-electron chi connectivity index (χ0n) is 13.6. The van der Waals surface area contributed by atoms with Gasteiger partial charge in [-0.3, -0.25) is 9.59 Å². The molecule has 126 valence electrons. The number of hydrogen-bond donors (Lipinski definition) is 1. The first-order valence-electron chi connectivity index (χ1n) is 7.68. The Kier molecular flexibility index (Phi) is 5.09. The van der Waals surface area contributed by atoms with Crippen LogP contribution in [0.5, 0.6) is 0 Å². The van der Waals surface area contributed by atoms with Gasteiger partial charge < -0.3 is 10.2 Å². The third kappa shape index (κ3) is 3.72. The molecule has 0 aliphatic carbocycles. The number of rotatable bonds is 3. The van der Waals surface area contributed by atoms with E-state index in [4.69, 9.17) is 0 Å². The number of nitrogens with zero attached hydrogens (tertiary/aromatic N) is 1. The Balaban J connectivity index is 2.21. The Morgan fingerprint density at radius 3 is 2.65 bits per heavy atom. The zero-order valence-corrected chi connectivity index (χ0v) is 14.4. The average Bonchev–Trinajstić information content (AvgIpc) is 2.52. The van der Waals surface area contributed by atoms with Crippen molar-refractivity contribution in [3.63, 3.8) is 0 Å². The van der Waals surface area contributed by atoms with E-state index in [1.807, 2.05) is 0 Å². The van der Waals surface area contributed by atoms with Crippen LogP contribution >= 0.6 is 0 Å². The maximum absolute atomic E-state index is 12.7. The Morgan fingerprint density at radius 1 is 1.30 bits per heavy atom. The van der Waals surface area contributed by atoms with Crippen LogP contribution in [0.25, 0.3) is 0 Å². The minimum atomic E-state index is -3.14. The van der Waals surface area contributed by atoms with Gasteiger partial charge >= 0.3 is 0 Å². The maximum Gasteiger partial charge on any atom is 0.254 e. The lowest BCUT2D eigenvalue weighted by Crippen LogP contribution is -2.54. The SMILES string of the molecule is CCC(=O)Nc1cccc(C(=O)N2CCS(=O)(=O)[C@H](C)[C@H]2C)c1. The van der Waals surface area contributed by atoms with Crippen LogP contribution in [-0.4, -0.2) is 48.7 Å². The molecule has 1 aliphatic heterocycles. The summed E-state index contributed by atoms with van der Waals surface area (Å²) in [5.41, 5.74) is 1.00. The zero-order chi connectivity index (χ0) is 17.2. The number of benzene rings is 1. The van der Waals surface area contributed by atoms with Gasteiger partial charge in [-0.05, 0) is 32.0 Å². The molecular formula is C16H22N2O4S. The molecule has 2 rings (SSSR count). The number of amides is 2. The average molecular weight is 338 g/mol. The first kappa shape index (κ1) is 17.5. The van der Waals surface area contributed by atoms with Crippen LogP contribution in [0.15, 0.2) is 24.3 Å². The highest BCUT2D eigenvalue weighted by molar-refractivity contribution is 7.92. The molecule has 0 saturated carbocycles. The number of carbonyl (C=O) groups excluding carboxylic acids is 2. The minimum absolute atomic E-state index is 0.0174. The van der Waals surface area contributed by atoms with E-state index < -0.39 is 15.1 Å². The summed E-state index contributed by atoms with van der Waals surface area (Å²) in [6.07, 6.45) is 0.358. The van der Waals surface area contributed by atoms with Crippen molar-refractivity contribution in [2.45, 2.75) is 38.5 Å². The lowest BCUT2D eigenvalue weighted by Gasteiger charge is -2.37. The van der Waals surface area contributed by atoms with Crippen LogP contribution in [0.1, 0.15) is 37.6 Å². The molecule has 0 bridgehead atoms. The molecule has 1 aromatic carbocycles. The summed E-state index contributed by atoms with van der Waals surface area (Å²) in [6.45, 7) is 5.33. The monoisotopic (exact) mass is 338 g/mol. The van der Waals surface area contributed by atoms with E-state index in [1.54, 1.807) is 49.9 Å². The molecule has 0 spiro atoms. The van der Waals surface area contributed by atoms with Crippen LogP contribution < -0.4 is 5.32 Å². The number of carbonyl (C=O) groups is 2. The van der Waals surface area contributed by atoms with Crippen molar-refractivity contribution in [1.82, 2.24) is 4.90 Å². The number of sulfone groups is 1. The largest absolute Gasteiger partial charge is 0.334 e. The molecule has 6 nitrogen and oxygen atoms in total. The molecule has 0 unspecified atom stereocenters. The first-order chi connectivity index (χ1) is 10.8. The first-order valence-corrected chi connectivity index (χ1v) is 9.40. The van der Waals surface area contributed by atoms with Crippen LogP contribution in [0, 0.1) is 0 Å². The molecule has 2 amide bonds. The van der Waals surface area contributed by atoms with Crippen molar-refractivity contribution in [3.8, 4) is 0 Å². The van der Waals surface area contributed by atoms with E-state index in [2.05, 4.69) is 5.32 Å². The molecule has 1 heterocycles. The van der Waals surface area contributed by atoms with Gasteiger partial charge in [0.1, 0.15) is 0 Å². The van der Waals surface area contributed by atoms with Gasteiger partial charge in [0.15, 0.2) is 9.84 Å². The third-order valence-electron chi connectivity index (χ3n) is 4.33. The van der Waals surface area contributed by atoms with Gasteiger partial charge in [-0.2, -0.15) is 0 Å². The maximum atomic E-state index is 12.7. The number of hydrogen-bond acceptors (Lipinski definition) is 4. The second-order valence-corrected chi connectivity index (χ2v) is 8.27. The Labute approximate surface area is 136 Å². The summed E-state index contributed by atoms with van der Waals surface area (Å²) >= 11 is 0. The second kappa shape index (κ2) is 6.70. The lowest BCUT2D eigenvalue weighted by molar-refractivity contribution is -0.115. The van der Waals surface area contributed by atoms with Gasteiger partial charge in [-0.15, -0.1) is 0 Å². The van der Waals surface area contributed by atoms with Gasteiger partial charge in [-0.1, -0.05) is 13.0 Å². The fourth-order valence-electron chi connectivity index (χ4n) is 2.60. The molecule has 0 radical (unpaired) electrons. The van der Waals surface area contributed by atoms with Gasteiger partial charge in [0.2, 0.25) is 5.91 Å². The van der Waals surface area contributed by atoms with Gasteiger partial charge in [0.25, 0.3) is 5.91 Å². The van der Waals surface area contributed by atoms with Crippen molar-refractivity contribution >= 4 is 27.3 Å². The van der Waals surface area contributed by atoms with E-state index in [-0.39, 0.29) is 30.2 Å². The smallest absolute Gasteiger partial charge is 0.254 e. The predicted octanol–water partition coefficient (Wildman–Crippen LogP) is 1.68. The normalized spacial score (nSPS) is 23.3. The highest BCUT2D eigenvalue weighted by atomic mass is 32.2. The molecule has 2 atom stereocenters. The molecule has 1 aliphatic rings. The van der Waals surface area contributed by atoms with Crippen LogP contribution in [-0.2, 0) is 14.6 Å². The summed E-state index contributed by atoms with van der Waals surface area (Å²) in [6, 6.07) is 6.33. The fourth-order valence-corrected chi connectivity index (χ4v) is 4.17. The molecule has 0 aromatic heterocycles. The topological polar surface area (TPSA) is 83.6 Å². The van der Waals surface area contributed by atoms with Crippen LogP contribution in [0.3, 0.4) is 0 Å². The van der Waals surface area contributed by atoms with E-state index in [1.165, 1.54) is 0 Å². The summed E-state index contributed by atoms with van der Waals surface area (Å²) in [5.74, 6) is -0.358. The highest BCUT2D eigenvalue weighted by Crippen LogP contribution is 2.22. The Morgan fingerprint density at radius 2 is 2.00 bits per heavy atom. The summed E-state index contributed by atoms with van der Waals surface area (Å²) in [5, 5.41) is 2.14. The summed E-state index contributed by atoms with van der Waals surface area (Å²) in [4.78, 5) is 25.7. The van der Waals surface area contributed by atoms with Crippen molar-refractivity contribution in [1.29, 1.82) is 0 Å². The van der Waals surface area contributed by atoms with Gasteiger partial charge in [0.05, 0.1) is 11.0 Å². The standard InChI is InChI=1S/C16H22N2O4S/c1-4-15(19)17-14-7-5-6-13(10-14)16(20)18-8-9-23(21,22)12(3)11(18)2/h5-7,10-12H,4,8-9H2,1-3H3,(H,17,19)/t11-,12-/m1/s1. The van der Waals surface area contributed by atoms with E-state index in [9.17, 15) is 18.0 Å². The molecule has 1 saturated heterocycles. The van der Waals surface area contributed by atoms with E-state index >= 15 is 0 Å². The highest BCUT2D eigenvalue weighted by Gasteiger charge is 2.38. The van der Waals surface area contributed by atoms with Crippen molar-refractivity contribution in [2.75, 3.05) is 17.6 Å². The summed E-state index contributed by atoms with van der Waals surface area (Å²) in [7, 11) is -3.14. The lowest BCUT2D eigenvalue weighted by atomic mass is 10.1. The fraction of sp³-hybridized carbons (Fsp3) is 0.500. The Hall–Kier alpha value is -1.89. The van der Waals surface area contributed by atoms with Gasteiger partial charge in [-0.25, -0.2) is 8.42 Å². The number of nitrogens with one attached hydrogen (secondary N) is 1. The summed E-state index contributed by atoms with van der Waals surface area (Å²) < 4.78 is 23.8. The van der Waals surface area contributed by atoms with Gasteiger partial charge in [0, 0.05) is 30.3 Å².